The fourth-order valence-corrected chi connectivity index (χ4v) is 3.20. The number of nitrogens with zero attached hydrogens (tertiary/aromatic N) is 3. The molecule has 25 heavy (non-hydrogen) atoms. The highest BCUT2D eigenvalue weighted by molar-refractivity contribution is 6.14. The number of para-hydroxylation sites is 2. The van der Waals surface area contributed by atoms with Crippen LogP contribution >= 0.6 is 0 Å². The van der Waals surface area contributed by atoms with Crippen molar-refractivity contribution in [1.29, 1.82) is 0 Å². The van der Waals surface area contributed by atoms with E-state index in [1.807, 2.05) is 61.5 Å². The molecule has 126 valence electrons. The topological polar surface area (TPSA) is 95.1 Å². The van der Waals surface area contributed by atoms with Gasteiger partial charge >= 0.3 is 0 Å². The summed E-state index contributed by atoms with van der Waals surface area (Å²) in [6.45, 7) is 2.46. The number of guanidine groups is 2. The maximum Gasteiger partial charge on any atom is 0.282 e. The van der Waals surface area contributed by atoms with Crippen LogP contribution in [0, 0.1) is 0 Å². The van der Waals surface area contributed by atoms with E-state index in [9.17, 15) is 4.79 Å². The number of carbonyl (C=O) groups excluding carboxylic acids is 1. The molecule has 0 radical (unpaired) electrons. The minimum Gasteiger partial charge on any atom is -0.370 e. The monoisotopic (exact) mass is 334 g/mol. The molecule has 0 aliphatic carbocycles. The Morgan fingerprint density at radius 3 is 2.60 bits per heavy atom. The quantitative estimate of drug-likeness (QED) is 0.777. The van der Waals surface area contributed by atoms with Crippen LogP contribution in [0.25, 0.3) is 0 Å². The van der Waals surface area contributed by atoms with Crippen molar-refractivity contribution in [3.05, 3.63) is 60.2 Å². The molecule has 7 nitrogen and oxygen atoms in total. The van der Waals surface area contributed by atoms with Crippen LogP contribution in [0.3, 0.4) is 0 Å². The van der Waals surface area contributed by atoms with Gasteiger partial charge < -0.3 is 16.0 Å². The number of nitrogens with one attached hydrogen (secondary N) is 2. The van der Waals surface area contributed by atoms with Gasteiger partial charge in [0, 0.05) is 17.8 Å². The van der Waals surface area contributed by atoms with E-state index >= 15 is 0 Å². The van der Waals surface area contributed by atoms with E-state index in [0.717, 1.165) is 16.9 Å². The molecule has 2 aliphatic rings. The van der Waals surface area contributed by atoms with E-state index in [4.69, 9.17) is 5.73 Å². The first-order valence-electron chi connectivity index (χ1n) is 8.10. The molecule has 1 spiro atoms. The van der Waals surface area contributed by atoms with E-state index < -0.39 is 5.66 Å². The highest BCUT2D eigenvalue weighted by Gasteiger charge is 2.52. The molecular weight excluding hydrogens is 316 g/mol. The molecule has 0 unspecified atom stereocenters. The van der Waals surface area contributed by atoms with Crippen molar-refractivity contribution < 1.29 is 4.79 Å². The molecule has 4 rings (SSSR count). The Hall–Kier alpha value is -3.35. The van der Waals surface area contributed by atoms with Crippen LogP contribution in [-0.2, 0) is 10.5 Å². The van der Waals surface area contributed by atoms with Gasteiger partial charge in [-0.2, -0.15) is 0 Å². The van der Waals surface area contributed by atoms with Crippen molar-refractivity contribution in [2.24, 2.45) is 15.7 Å². The number of anilines is 2. The normalized spacial score (nSPS) is 21.5. The van der Waals surface area contributed by atoms with E-state index in [1.54, 1.807) is 4.90 Å². The molecule has 1 atom stereocenters. The fourth-order valence-electron chi connectivity index (χ4n) is 3.20. The van der Waals surface area contributed by atoms with Crippen molar-refractivity contribution in [2.45, 2.75) is 12.6 Å². The average Bonchev–Trinajstić information content (AvgIpc) is 2.83. The highest BCUT2D eigenvalue weighted by atomic mass is 16.2. The molecule has 0 aromatic heterocycles. The molecule has 2 aromatic rings. The number of carbonyl (C=O) groups is 1. The second kappa shape index (κ2) is 5.62. The number of nitrogens with two attached hydrogens (primary N) is 1. The lowest BCUT2D eigenvalue weighted by Gasteiger charge is -2.27. The van der Waals surface area contributed by atoms with E-state index in [1.165, 1.54) is 0 Å². The predicted molar refractivity (Wildman–Crippen MR) is 98.4 cm³/mol. The van der Waals surface area contributed by atoms with E-state index in [-0.39, 0.29) is 11.9 Å². The SMILES string of the molecule is CCN1C(=O)[C@]2(N=C(N)NC(Nc3ccccc3)=N2)c2ccccc21. The van der Waals surface area contributed by atoms with Gasteiger partial charge in [-0.1, -0.05) is 36.4 Å². The van der Waals surface area contributed by atoms with Crippen molar-refractivity contribution in [2.75, 3.05) is 16.8 Å². The summed E-state index contributed by atoms with van der Waals surface area (Å²) in [5.41, 5.74) is 7.00. The minimum atomic E-state index is -1.38. The zero-order valence-electron chi connectivity index (χ0n) is 13.7. The predicted octanol–water partition coefficient (Wildman–Crippen LogP) is 1.59. The summed E-state index contributed by atoms with van der Waals surface area (Å²) in [5, 5.41) is 6.05. The number of hydrogen-bond acceptors (Lipinski definition) is 6. The standard InChI is InChI=1S/C18H18N6O/c1-2-24-14-11-7-6-10-13(14)18(15(24)25)22-16(19)21-17(23-18)20-12-8-4-3-5-9-12/h3-11H,2H2,1H3,(H4,19,20,21,22,23)/t18-/m0/s1. The van der Waals surface area contributed by atoms with Crippen molar-refractivity contribution in [3.63, 3.8) is 0 Å². The smallest absolute Gasteiger partial charge is 0.282 e. The van der Waals surface area contributed by atoms with Crippen molar-refractivity contribution >= 4 is 29.2 Å². The van der Waals surface area contributed by atoms with E-state index in [0.29, 0.717) is 12.5 Å². The third-order valence-electron chi connectivity index (χ3n) is 4.27. The van der Waals surface area contributed by atoms with Gasteiger partial charge in [0.1, 0.15) is 0 Å². The second-order valence-electron chi connectivity index (χ2n) is 5.81. The number of fused-ring (bicyclic) bond motifs is 2. The minimum absolute atomic E-state index is 0.148. The zero-order valence-corrected chi connectivity index (χ0v) is 13.7. The summed E-state index contributed by atoms with van der Waals surface area (Å²) >= 11 is 0. The van der Waals surface area contributed by atoms with Crippen LogP contribution in [0.1, 0.15) is 12.5 Å². The third-order valence-corrected chi connectivity index (χ3v) is 4.27. The Kier molecular flexibility index (Phi) is 3.42. The van der Waals surface area contributed by atoms with Crippen LogP contribution in [0.4, 0.5) is 11.4 Å². The third kappa shape index (κ3) is 2.32. The number of hydrogen-bond donors (Lipinski definition) is 3. The summed E-state index contributed by atoms with van der Waals surface area (Å²) in [6, 6.07) is 17.1. The van der Waals surface area contributed by atoms with Crippen molar-refractivity contribution in [3.8, 4) is 0 Å². The van der Waals surface area contributed by atoms with Crippen molar-refractivity contribution in [1.82, 2.24) is 5.32 Å². The van der Waals surface area contributed by atoms with Gasteiger partial charge in [-0.05, 0) is 25.1 Å². The lowest BCUT2D eigenvalue weighted by Crippen LogP contribution is -2.51. The summed E-state index contributed by atoms with van der Waals surface area (Å²) in [4.78, 5) is 23.8. The Bertz CT molecular complexity index is 891. The first kappa shape index (κ1) is 15.2. The van der Waals surface area contributed by atoms with E-state index in [2.05, 4.69) is 20.6 Å². The molecule has 2 heterocycles. The summed E-state index contributed by atoms with van der Waals surface area (Å²) in [7, 11) is 0. The van der Waals surface area contributed by atoms with Crippen LogP contribution in [0.15, 0.2) is 64.6 Å². The number of likely N-dealkylation sites (N-methyl/N-ethyl adjacent to an activating group) is 1. The average molecular weight is 334 g/mol. The molecule has 7 heteroatoms. The molecular formula is C18H18N6O. The summed E-state index contributed by atoms with van der Waals surface area (Å²) < 4.78 is 0. The molecule has 2 aliphatic heterocycles. The molecule has 2 aromatic carbocycles. The molecule has 0 fully saturated rings. The second-order valence-corrected chi connectivity index (χ2v) is 5.81. The Labute approximate surface area is 145 Å². The molecule has 0 bridgehead atoms. The Morgan fingerprint density at radius 2 is 1.84 bits per heavy atom. The first-order chi connectivity index (χ1) is 12.1. The van der Waals surface area contributed by atoms with Crippen LogP contribution in [0.5, 0.6) is 0 Å². The zero-order chi connectivity index (χ0) is 17.4. The molecule has 1 amide bonds. The lowest BCUT2D eigenvalue weighted by molar-refractivity contribution is -0.122. The number of benzene rings is 2. The number of aliphatic imine (C=N–C) groups is 2. The largest absolute Gasteiger partial charge is 0.370 e. The fraction of sp³-hybridized carbons (Fsp3) is 0.167. The lowest BCUT2D eigenvalue weighted by atomic mass is 10.0. The van der Waals surface area contributed by atoms with Gasteiger partial charge in [-0.15, -0.1) is 0 Å². The van der Waals surface area contributed by atoms with Gasteiger partial charge in [0.2, 0.25) is 5.96 Å². The maximum atomic E-state index is 13.1. The van der Waals surface area contributed by atoms with Crippen LogP contribution < -0.4 is 21.3 Å². The van der Waals surface area contributed by atoms with Gasteiger partial charge in [-0.3, -0.25) is 10.1 Å². The highest BCUT2D eigenvalue weighted by Crippen LogP contribution is 2.44. The first-order valence-corrected chi connectivity index (χ1v) is 8.10. The molecule has 0 saturated heterocycles. The number of rotatable bonds is 2. The molecule has 0 saturated carbocycles. The van der Waals surface area contributed by atoms with Crippen LogP contribution in [0.2, 0.25) is 0 Å². The Morgan fingerprint density at radius 1 is 1.12 bits per heavy atom. The van der Waals surface area contributed by atoms with Crippen LogP contribution in [-0.4, -0.2) is 24.4 Å². The van der Waals surface area contributed by atoms with Gasteiger partial charge in [0.25, 0.3) is 11.6 Å². The Balaban J connectivity index is 1.82. The summed E-state index contributed by atoms with van der Waals surface area (Å²) in [6.07, 6.45) is 0. The van der Waals surface area contributed by atoms with Gasteiger partial charge in [0.15, 0.2) is 5.96 Å². The van der Waals surface area contributed by atoms with Gasteiger partial charge in [-0.25, -0.2) is 9.98 Å². The molecule has 4 N–H and O–H groups in total. The number of amides is 1. The summed E-state index contributed by atoms with van der Waals surface area (Å²) in [5.74, 6) is 0.336. The van der Waals surface area contributed by atoms with Gasteiger partial charge in [0.05, 0.1) is 5.69 Å². The maximum absolute atomic E-state index is 13.1.